The van der Waals surface area contributed by atoms with Crippen LogP contribution in [0.4, 0.5) is 0 Å². The van der Waals surface area contributed by atoms with Crippen LogP contribution in [0.3, 0.4) is 0 Å². The third-order valence-corrected chi connectivity index (χ3v) is 4.41. The third kappa shape index (κ3) is 2.16. The van der Waals surface area contributed by atoms with E-state index in [0.29, 0.717) is 10.8 Å². The van der Waals surface area contributed by atoms with E-state index >= 15 is 0 Å². The molecule has 0 spiro atoms. The summed E-state index contributed by atoms with van der Waals surface area (Å²) in [5, 5.41) is 3.61. The molecule has 0 saturated carbocycles. The predicted octanol–water partition coefficient (Wildman–Crippen LogP) is 4.91. The summed E-state index contributed by atoms with van der Waals surface area (Å²) in [6, 6.07) is 7.60. The second kappa shape index (κ2) is 4.96. The highest BCUT2D eigenvalue weighted by atomic mass is 79.9. The molecule has 0 aliphatic heterocycles. The Balaban J connectivity index is 2.18. The Morgan fingerprint density at radius 3 is 3.00 bits per heavy atom. The van der Waals surface area contributed by atoms with Gasteiger partial charge in [0.2, 0.25) is 0 Å². The monoisotopic (exact) mass is 338 g/mol. The number of nitrogens with zero attached hydrogens (tertiary/aromatic N) is 2. The van der Waals surface area contributed by atoms with Crippen molar-refractivity contribution in [2.45, 2.75) is 5.33 Å². The summed E-state index contributed by atoms with van der Waals surface area (Å²) in [4.78, 5) is 9.02. The maximum absolute atomic E-state index is 5.99. The van der Waals surface area contributed by atoms with Crippen LogP contribution >= 0.6 is 38.9 Å². The van der Waals surface area contributed by atoms with Crippen LogP contribution < -0.4 is 0 Å². The van der Waals surface area contributed by atoms with Crippen LogP contribution in [-0.2, 0) is 5.33 Å². The summed E-state index contributed by atoms with van der Waals surface area (Å²) >= 11 is 11.1. The number of hydrogen-bond donors (Lipinski definition) is 0. The van der Waals surface area contributed by atoms with E-state index in [0.717, 1.165) is 21.1 Å². The lowest BCUT2D eigenvalue weighted by atomic mass is 10.2. The van der Waals surface area contributed by atoms with Gasteiger partial charge in [0, 0.05) is 22.1 Å². The Kier molecular flexibility index (Phi) is 3.33. The van der Waals surface area contributed by atoms with Crippen LogP contribution in [-0.4, -0.2) is 9.97 Å². The normalized spacial score (nSPS) is 11.0. The standard InChI is InChI=1S/C13H8BrClN2S/c14-5-9-7-18-11-6-16-13(17-12(9)11)8-2-1-3-10(15)4-8/h1-4,6-7H,5H2. The lowest BCUT2D eigenvalue weighted by Gasteiger charge is -2.01. The molecule has 0 N–H and O–H groups in total. The number of benzene rings is 1. The number of thiophene rings is 1. The van der Waals surface area contributed by atoms with Crippen molar-refractivity contribution in [3.8, 4) is 11.4 Å². The number of rotatable bonds is 2. The average molecular weight is 340 g/mol. The molecule has 2 aromatic heterocycles. The Morgan fingerprint density at radius 1 is 1.33 bits per heavy atom. The van der Waals surface area contributed by atoms with Gasteiger partial charge in [0.25, 0.3) is 0 Å². The molecule has 0 aliphatic carbocycles. The zero-order valence-corrected chi connectivity index (χ0v) is 12.4. The van der Waals surface area contributed by atoms with Crippen molar-refractivity contribution in [3.05, 3.63) is 46.4 Å². The van der Waals surface area contributed by atoms with E-state index < -0.39 is 0 Å². The minimum absolute atomic E-state index is 0.697. The highest BCUT2D eigenvalue weighted by Gasteiger charge is 2.08. The first kappa shape index (κ1) is 12.1. The van der Waals surface area contributed by atoms with E-state index in [9.17, 15) is 0 Å². The van der Waals surface area contributed by atoms with Crippen molar-refractivity contribution in [2.24, 2.45) is 0 Å². The molecule has 2 nitrogen and oxygen atoms in total. The molecule has 0 saturated heterocycles. The largest absolute Gasteiger partial charge is 0.235 e. The Hall–Kier alpha value is -0.970. The number of halogens is 2. The number of hydrogen-bond acceptors (Lipinski definition) is 3. The predicted molar refractivity (Wildman–Crippen MR) is 80.5 cm³/mol. The average Bonchev–Trinajstić information content (AvgIpc) is 2.80. The molecule has 0 atom stereocenters. The fourth-order valence-electron chi connectivity index (χ4n) is 1.74. The molecule has 3 aromatic rings. The topological polar surface area (TPSA) is 25.8 Å². The van der Waals surface area contributed by atoms with Gasteiger partial charge in [-0.15, -0.1) is 11.3 Å². The Bertz CT molecular complexity index is 711. The van der Waals surface area contributed by atoms with Crippen molar-refractivity contribution >= 4 is 49.1 Å². The zero-order chi connectivity index (χ0) is 12.5. The zero-order valence-electron chi connectivity index (χ0n) is 9.23. The van der Waals surface area contributed by atoms with E-state index in [1.165, 1.54) is 5.56 Å². The van der Waals surface area contributed by atoms with Crippen LogP contribution in [0.2, 0.25) is 5.02 Å². The van der Waals surface area contributed by atoms with Crippen molar-refractivity contribution < 1.29 is 0 Å². The van der Waals surface area contributed by atoms with Crippen molar-refractivity contribution in [2.75, 3.05) is 0 Å². The minimum Gasteiger partial charge on any atom is -0.235 e. The van der Waals surface area contributed by atoms with E-state index in [-0.39, 0.29) is 0 Å². The quantitative estimate of drug-likeness (QED) is 0.620. The summed E-state index contributed by atoms with van der Waals surface area (Å²) < 4.78 is 1.11. The molecule has 0 amide bonds. The van der Waals surface area contributed by atoms with Gasteiger partial charge in [0.1, 0.15) is 0 Å². The van der Waals surface area contributed by atoms with Gasteiger partial charge >= 0.3 is 0 Å². The first-order valence-corrected chi connectivity index (χ1v) is 7.71. The second-order valence-electron chi connectivity index (χ2n) is 3.81. The number of aromatic nitrogens is 2. The summed E-state index contributed by atoms with van der Waals surface area (Å²) in [6.45, 7) is 0. The molecule has 0 unspecified atom stereocenters. The van der Waals surface area contributed by atoms with E-state index in [4.69, 9.17) is 11.6 Å². The molecule has 0 bridgehead atoms. The first-order chi connectivity index (χ1) is 8.78. The van der Waals surface area contributed by atoms with Crippen molar-refractivity contribution in [1.82, 2.24) is 9.97 Å². The maximum atomic E-state index is 5.99. The van der Waals surface area contributed by atoms with Crippen LogP contribution in [0.5, 0.6) is 0 Å². The van der Waals surface area contributed by atoms with E-state index in [2.05, 4.69) is 31.3 Å². The van der Waals surface area contributed by atoms with Gasteiger partial charge < -0.3 is 0 Å². The lowest BCUT2D eigenvalue weighted by molar-refractivity contribution is 1.23. The van der Waals surface area contributed by atoms with Crippen LogP contribution in [0.25, 0.3) is 21.6 Å². The van der Waals surface area contributed by atoms with E-state index in [1.54, 1.807) is 11.3 Å². The van der Waals surface area contributed by atoms with Gasteiger partial charge in [0.05, 0.1) is 10.2 Å². The molecule has 5 heteroatoms. The molecule has 0 fully saturated rings. The maximum Gasteiger partial charge on any atom is 0.159 e. The Labute approximate surface area is 122 Å². The molecule has 2 heterocycles. The molecule has 1 aromatic carbocycles. The molecular formula is C13H8BrClN2S. The van der Waals surface area contributed by atoms with E-state index in [1.807, 2.05) is 30.5 Å². The summed E-state index contributed by atoms with van der Waals surface area (Å²) in [5.41, 5.74) is 3.15. The first-order valence-electron chi connectivity index (χ1n) is 5.33. The summed E-state index contributed by atoms with van der Waals surface area (Å²) in [5.74, 6) is 0.714. The highest BCUT2D eigenvalue weighted by molar-refractivity contribution is 9.08. The van der Waals surface area contributed by atoms with Gasteiger partial charge in [-0.05, 0) is 23.1 Å². The lowest BCUT2D eigenvalue weighted by Crippen LogP contribution is -1.89. The van der Waals surface area contributed by atoms with Gasteiger partial charge in [0.15, 0.2) is 5.82 Å². The van der Waals surface area contributed by atoms with Crippen LogP contribution in [0, 0.1) is 0 Å². The third-order valence-electron chi connectivity index (χ3n) is 2.61. The highest BCUT2D eigenvalue weighted by Crippen LogP contribution is 2.28. The summed E-state index contributed by atoms with van der Waals surface area (Å²) in [6.07, 6.45) is 1.87. The summed E-state index contributed by atoms with van der Waals surface area (Å²) in [7, 11) is 0. The Morgan fingerprint density at radius 2 is 2.22 bits per heavy atom. The second-order valence-corrected chi connectivity index (χ2v) is 5.72. The van der Waals surface area contributed by atoms with Gasteiger partial charge in [-0.3, -0.25) is 0 Å². The molecule has 90 valence electrons. The van der Waals surface area contributed by atoms with Crippen LogP contribution in [0.1, 0.15) is 5.56 Å². The number of alkyl halides is 1. The fraction of sp³-hybridized carbons (Fsp3) is 0.0769. The van der Waals surface area contributed by atoms with Crippen molar-refractivity contribution in [3.63, 3.8) is 0 Å². The van der Waals surface area contributed by atoms with Crippen LogP contribution in [0.15, 0.2) is 35.8 Å². The molecule has 3 rings (SSSR count). The van der Waals surface area contributed by atoms with Gasteiger partial charge in [-0.25, -0.2) is 9.97 Å². The van der Waals surface area contributed by atoms with Gasteiger partial charge in [-0.1, -0.05) is 39.7 Å². The SMILES string of the molecule is Clc1cccc(-c2ncc3scc(CBr)c3n2)c1. The van der Waals surface area contributed by atoms with Crippen molar-refractivity contribution in [1.29, 1.82) is 0 Å². The van der Waals surface area contributed by atoms with Gasteiger partial charge in [-0.2, -0.15) is 0 Å². The number of fused-ring (bicyclic) bond motifs is 1. The fourth-order valence-corrected chi connectivity index (χ4v) is 3.44. The molecule has 0 radical (unpaired) electrons. The molecular weight excluding hydrogens is 332 g/mol. The minimum atomic E-state index is 0.697. The smallest absolute Gasteiger partial charge is 0.159 e. The molecule has 18 heavy (non-hydrogen) atoms. The molecule has 0 aliphatic rings.